The summed E-state index contributed by atoms with van der Waals surface area (Å²) in [7, 11) is -0.466. The van der Waals surface area contributed by atoms with E-state index in [1.165, 1.54) is 15.6 Å². The third-order valence-corrected chi connectivity index (χ3v) is 6.31. The number of methoxy groups -OCH3 is 2. The molecule has 0 saturated carbocycles. The number of hydrogen-bond donors (Lipinski definition) is 0. The van der Waals surface area contributed by atoms with Crippen molar-refractivity contribution in [3.05, 3.63) is 16.3 Å². The van der Waals surface area contributed by atoms with Gasteiger partial charge in [0.05, 0.1) is 24.0 Å². The summed E-state index contributed by atoms with van der Waals surface area (Å²) in [5.74, 6) is 0.311. The van der Waals surface area contributed by atoms with Gasteiger partial charge in [0.15, 0.2) is 0 Å². The maximum Gasteiger partial charge on any atom is 0.244 e. The lowest BCUT2D eigenvalue weighted by Crippen LogP contribution is -2.42. The molecule has 0 spiro atoms. The molecule has 1 atom stereocenters. The van der Waals surface area contributed by atoms with E-state index in [0.717, 1.165) is 4.88 Å². The smallest absolute Gasteiger partial charge is 0.244 e. The lowest BCUT2D eigenvalue weighted by atomic mass is 10.3. The van der Waals surface area contributed by atoms with Crippen molar-refractivity contribution in [1.29, 1.82) is 0 Å². The Morgan fingerprint density at radius 3 is 2.60 bits per heavy atom. The SMILES string of the molecule is COCCN(C(C)COC)S(=O)(=O)c1csc(CCl)c1. The van der Waals surface area contributed by atoms with Gasteiger partial charge in [-0.3, -0.25) is 0 Å². The first-order valence-electron chi connectivity index (χ1n) is 6.10. The third kappa shape index (κ3) is 4.41. The van der Waals surface area contributed by atoms with Crippen molar-refractivity contribution in [3.63, 3.8) is 0 Å². The lowest BCUT2D eigenvalue weighted by molar-refractivity contribution is 0.119. The molecule has 0 saturated heterocycles. The van der Waals surface area contributed by atoms with E-state index in [0.29, 0.717) is 19.1 Å². The monoisotopic (exact) mass is 341 g/mol. The molecule has 0 radical (unpaired) electrons. The predicted molar refractivity (Wildman–Crippen MR) is 81.0 cm³/mol. The molecule has 116 valence electrons. The predicted octanol–water partition coefficient (Wildman–Crippen LogP) is 2.16. The van der Waals surface area contributed by atoms with Crippen LogP contribution in [0.2, 0.25) is 0 Å². The van der Waals surface area contributed by atoms with Crippen LogP contribution in [0.5, 0.6) is 0 Å². The van der Waals surface area contributed by atoms with Gasteiger partial charge in [0.1, 0.15) is 0 Å². The zero-order valence-corrected chi connectivity index (χ0v) is 14.2. The average molecular weight is 342 g/mol. The van der Waals surface area contributed by atoms with E-state index < -0.39 is 10.0 Å². The first-order chi connectivity index (χ1) is 9.47. The summed E-state index contributed by atoms with van der Waals surface area (Å²) in [5.41, 5.74) is 0. The molecule has 1 aromatic heterocycles. The Labute approximate surface area is 129 Å². The molecule has 0 aliphatic rings. The van der Waals surface area contributed by atoms with Gasteiger partial charge in [0, 0.05) is 37.1 Å². The quantitative estimate of drug-likeness (QED) is 0.646. The molecule has 0 N–H and O–H groups in total. The van der Waals surface area contributed by atoms with Crippen LogP contribution in [-0.2, 0) is 25.4 Å². The third-order valence-electron chi connectivity index (χ3n) is 2.78. The van der Waals surface area contributed by atoms with Crippen LogP contribution in [0, 0.1) is 0 Å². The molecule has 1 heterocycles. The van der Waals surface area contributed by atoms with Crippen LogP contribution in [0.4, 0.5) is 0 Å². The van der Waals surface area contributed by atoms with E-state index in [1.54, 1.807) is 25.7 Å². The van der Waals surface area contributed by atoms with Crippen molar-refractivity contribution >= 4 is 33.0 Å². The summed E-state index contributed by atoms with van der Waals surface area (Å²) in [5, 5.41) is 1.62. The number of ether oxygens (including phenoxy) is 2. The molecule has 0 aromatic carbocycles. The fourth-order valence-corrected chi connectivity index (χ4v) is 4.76. The molecule has 1 aromatic rings. The van der Waals surface area contributed by atoms with Gasteiger partial charge >= 0.3 is 0 Å². The molecule has 1 rings (SSSR count). The molecule has 0 amide bonds. The van der Waals surface area contributed by atoms with Gasteiger partial charge in [0.2, 0.25) is 10.0 Å². The van der Waals surface area contributed by atoms with Crippen LogP contribution in [0.15, 0.2) is 16.3 Å². The van der Waals surface area contributed by atoms with Crippen molar-refractivity contribution in [2.45, 2.75) is 23.7 Å². The normalized spacial score (nSPS) is 13.8. The standard InChI is InChI=1S/C12H20ClNO4S2/c1-10(8-18-3)14(4-5-17-2)20(15,16)12-6-11(7-13)19-9-12/h6,9-10H,4-5,7-8H2,1-3H3. The van der Waals surface area contributed by atoms with Crippen LogP contribution in [-0.4, -0.2) is 52.7 Å². The van der Waals surface area contributed by atoms with E-state index in [2.05, 4.69) is 0 Å². The lowest BCUT2D eigenvalue weighted by Gasteiger charge is -2.27. The fourth-order valence-electron chi connectivity index (χ4n) is 1.78. The number of rotatable bonds is 9. The topological polar surface area (TPSA) is 55.8 Å². The summed E-state index contributed by atoms with van der Waals surface area (Å²) in [4.78, 5) is 1.11. The highest BCUT2D eigenvalue weighted by Crippen LogP contribution is 2.25. The maximum atomic E-state index is 12.7. The summed E-state index contributed by atoms with van der Waals surface area (Å²) in [6, 6.07) is 1.35. The van der Waals surface area contributed by atoms with E-state index >= 15 is 0 Å². The zero-order chi connectivity index (χ0) is 15.2. The molecule has 0 aliphatic carbocycles. The molecule has 0 fully saturated rings. The Morgan fingerprint density at radius 2 is 2.10 bits per heavy atom. The molecule has 5 nitrogen and oxygen atoms in total. The highest BCUT2D eigenvalue weighted by molar-refractivity contribution is 7.89. The zero-order valence-electron chi connectivity index (χ0n) is 11.8. The van der Waals surface area contributed by atoms with Crippen molar-refractivity contribution in [3.8, 4) is 0 Å². The molecule has 20 heavy (non-hydrogen) atoms. The van der Waals surface area contributed by atoms with Crippen molar-refractivity contribution < 1.29 is 17.9 Å². The van der Waals surface area contributed by atoms with Crippen molar-refractivity contribution in [2.24, 2.45) is 0 Å². The summed E-state index contributed by atoms with van der Waals surface area (Å²) in [6.07, 6.45) is 0. The molecular weight excluding hydrogens is 322 g/mol. The summed E-state index contributed by atoms with van der Waals surface area (Å²) < 4.78 is 36.8. The molecule has 8 heteroatoms. The van der Waals surface area contributed by atoms with Crippen molar-refractivity contribution in [2.75, 3.05) is 34.0 Å². The minimum atomic E-state index is -3.56. The van der Waals surface area contributed by atoms with Gasteiger partial charge in [-0.2, -0.15) is 4.31 Å². The van der Waals surface area contributed by atoms with Gasteiger partial charge in [-0.1, -0.05) is 0 Å². The molecular formula is C12H20ClNO4S2. The van der Waals surface area contributed by atoms with Gasteiger partial charge in [-0.15, -0.1) is 22.9 Å². The van der Waals surface area contributed by atoms with Crippen LogP contribution in [0.25, 0.3) is 0 Å². The Bertz CT molecular complexity index is 503. The van der Waals surface area contributed by atoms with Crippen LogP contribution in [0.1, 0.15) is 11.8 Å². The number of thiophene rings is 1. The molecule has 1 unspecified atom stereocenters. The number of hydrogen-bond acceptors (Lipinski definition) is 5. The summed E-state index contributed by atoms with van der Waals surface area (Å²) >= 11 is 7.07. The average Bonchev–Trinajstić information content (AvgIpc) is 2.88. The van der Waals surface area contributed by atoms with E-state index in [-0.39, 0.29) is 17.5 Å². The largest absolute Gasteiger partial charge is 0.383 e. The van der Waals surface area contributed by atoms with Crippen LogP contribution < -0.4 is 0 Å². The van der Waals surface area contributed by atoms with E-state index in [4.69, 9.17) is 21.1 Å². The second-order valence-electron chi connectivity index (χ2n) is 4.30. The Balaban J connectivity index is 3.02. The van der Waals surface area contributed by atoms with Gasteiger partial charge in [0.25, 0.3) is 0 Å². The minimum absolute atomic E-state index is 0.264. The Hall–Kier alpha value is -0.180. The van der Waals surface area contributed by atoms with Crippen molar-refractivity contribution in [1.82, 2.24) is 4.31 Å². The maximum absolute atomic E-state index is 12.7. The first-order valence-corrected chi connectivity index (χ1v) is 8.95. The van der Waals surface area contributed by atoms with Gasteiger partial charge in [-0.05, 0) is 13.0 Å². The second-order valence-corrected chi connectivity index (χ2v) is 7.45. The fraction of sp³-hybridized carbons (Fsp3) is 0.667. The number of sulfonamides is 1. The highest BCUT2D eigenvalue weighted by Gasteiger charge is 2.29. The van der Waals surface area contributed by atoms with E-state index in [9.17, 15) is 8.42 Å². The highest BCUT2D eigenvalue weighted by atomic mass is 35.5. The van der Waals surface area contributed by atoms with Crippen LogP contribution >= 0.6 is 22.9 Å². The minimum Gasteiger partial charge on any atom is -0.383 e. The van der Waals surface area contributed by atoms with Gasteiger partial charge in [-0.25, -0.2) is 8.42 Å². The second kappa shape index (κ2) is 8.31. The summed E-state index contributed by atoms with van der Waals surface area (Å²) in [6.45, 7) is 2.76. The van der Waals surface area contributed by atoms with E-state index in [1.807, 2.05) is 6.92 Å². The Kier molecular flexibility index (Phi) is 7.42. The number of nitrogens with zero attached hydrogens (tertiary/aromatic N) is 1. The van der Waals surface area contributed by atoms with Crippen LogP contribution in [0.3, 0.4) is 0 Å². The van der Waals surface area contributed by atoms with Gasteiger partial charge < -0.3 is 9.47 Å². The first kappa shape index (κ1) is 17.9. The Morgan fingerprint density at radius 1 is 1.40 bits per heavy atom. The number of alkyl halides is 1. The number of halogens is 1. The molecule has 0 bridgehead atoms. The molecule has 0 aliphatic heterocycles.